The number of carbonyl (C=O) groups is 2. The maximum atomic E-state index is 13.7. The van der Waals surface area contributed by atoms with Gasteiger partial charge in [0.05, 0.1) is 23.3 Å². The Morgan fingerprint density at radius 2 is 1.86 bits per heavy atom. The second kappa shape index (κ2) is 10.6. The van der Waals surface area contributed by atoms with Crippen LogP contribution in [-0.2, 0) is 14.3 Å². The summed E-state index contributed by atoms with van der Waals surface area (Å²) in [5, 5.41) is 4.06. The van der Waals surface area contributed by atoms with E-state index in [1.54, 1.807) is 7.11 Å². The predicted octanol–water partition coefficient (Wildman–Crippen LogP) is 6.81. The molecule has 5 nitrogen and oxygen atoms in total. The van der Waals surface area contributed by atoms with Crippen molar-refractivity contribution in [2.24, 2.45) is 0 Å². The van der Waals surface area contributed by atoms with E-state index in [0.29, 0.717) is 46.9 Å². The Morgan fingerprint density at radius 3 is 2.49 bits per heavy atom. The molecular formula is C28H29BrClNO4. The van der Waals surface area contributed by atoms with Crippen LogP contribution < -0.4 is 10.1 Å². The molecule has 0 fully saturated rings. The van der Waals surface area contributed by atoms with Crippen molar-refractivity contribution in [3.05, 3.63) is 85.6 Å². The van der Waals surface area contributed by atoms with Crippen molar-refractivity contribution >= 4 is 39.3 Å². The Hall–Kier alpha value is -2.57. The number of carbonyl (C=O) groups excluding carboxylic acids is 2. The molecule has 1 N–H and O–H groups in total. The third kappa shape index (κ3) is 5.19. The van der Waals surface area contributed by atoms with Gasteiger partial charge in [0.25, 0.3) is 0 Å². The maximum absolute atomic E-state index is 13.7. The van der Waals surface area contributed by atoms with Crippen LogP contribution in [0.15, 0.2) is 69.5 Å². The van der Waals surface area contributed by atoms with Gasteiger partial charge in [-0.3, -0.25) is 4.79 Å². The normalized spacial score (nSPS) is 20.8. The van der Waals surface area contributed by atoms with Crippen LogP contribution in [0.5, 0.6) is 5.75 Å². The van der Waals surface area contributed by atoms with Crippen LogP contribution in [0.25, 0.3) is 0 Å². The van der Waals surface area contributed by atoms with Crippen LogP contribution >= 0.6 is 27.5 Å². The molecule has 2 aliphatic rings. The zero-order valence-electron chi connectivity index (χ0n) is 20.3. The average Bonchev–Trinajstić information content (AvgIpc) is 2.83. The van der Waals surface area contributed by atoms with Crippen molar-refractivity contribution < 1.29 is 19.1 Å². The summed E-state index contributed by atoms with van der Waals surface area (Å²) in [4.78, 5) is 27.1. The van der Waals surface area contributed by atoms with Gasteiger partial charge in [-0.25, -0.2) is 4.79 Å². The van der Waals surface area contributed by atoms with Crippen molar-refractivity contribution in [1.82, 2.24) is 5.32 Å². The molecular weight excluding hydrogens is 530 g/mol. The number of dihydropyridines is 1. The first-order valence-electron chi connectivity index (χ1n) is 11.8. The van der Waals surface area contributed by atoms with E-state index in [4.69, 9.17) is 21.1 Å². The number of ketones is 1. The zero-order chi connectivity index (χ0) is 25.3. The van der Waals surface area contributed by atoms with Crippen molar-refractivity contribution in [1.29, 1.82) is 0 Å². The second-order valence-electron chi connectivity index (χ2n) is 9.09. The number of ether oxygens (including phenoxy) is 2. The standard InChI is InChI=1S/C28H29BrClNO4/c1-5-15(2)35-28(33)25-16(3)31-22-13-19(17-6-9-20(30)10-7-17)14-23(32)27(22)26(25)18-8-11-24(34-4)21(29)12-18/h6-12,15,19,26,31H,5,13-14H2,1-4H3/t15-,19+,26+/m0/s1. The highest BCUT2D eigenvalue weighted by molar-refractivity contribution is 9.10. The highest BCUT2D eigenvalue weighted by Crippen LogP contribution is 2.46. The van der Waals surface area contributed by atoms with E-state index in [1.807, 2.05) is 63.2 Å². The Kier molecular flexibility index (Phi) is 7.72. The zero-order valence-corrected chi connectivity index (χ0v) is 22.6. The molecule has 0 radical (unpaired) electrons. The fraction of sp³-hybridized carbons (Fsp3) is 0.357. The number of benzene rings is 2. The minimum atomic E-state index is -0.524. The van der Waals surface area contributed by atoms with Crippen molar-refractivity contribution in [2.75, 3.05) is 7.11 Å². The lowest BCUT2D eigenvalue weighted by Crippen LogP contribution is -2.36. The van der Waals surface area contributed by atoms with Crippen molar-refractivity contribution in [2.45, 2.75) is 58.0 Å². The number of rotatable bonds is 6. The topological polar surface area (TPSA) is 64.6 Å². The Bertz CT molecular complexity index is 1220. The Labute approximate surface area is 219 Å². The van der Waals surface area contributed by atoms with E-state index in [2.05, 4.69) is 21.2 Å². The molecule has 2 aromatic rings. The number of hydrogen-bond acceptors (Lipinski definition) is 5. The Morgan fingerprint density at radius 1 is 1.17 bits per heavy atom. The van der Waals surface area contributed by atoms with Gasteiger partial charge in [-0.1, -0.05) is 36.7 Å². The number of hydrogen-bond donors (Lipinski definition) is 1. The molecule has 1 heterocycles. The van der Waals surface area contributed by atoms with Crippen LogP contribution in [0.2, 0.25) is 5.02 Å². The molecule has 0 saturated heterocycles. The van der Waals surface area contributed by atoms with Gasteiger partial charge in [-0.2, -0.15) is 0 Å². The molecule has 7 heteroatoms. The van der Waals surface area contributed by atoms with E-state index < -0.39 is 11.9 Å². The van der Waals surface area contributed by atoms with E-state index in [0.717, 1.165) is 21.3 Å². The highest BCUT2D eigenvalue weighted by Gasteiger charge is 2.41. The van der Waals surface area contributed by atoms with Gasteiger partial charge in [-0.05, 0) is 83.9 Å². The summed E-state index contributed by atoms with van der Waals surface area (Å²) in [6.07, 6.45) is 1.52. The minimum absolute atomic E-state index is 0.0250. The van der Waals surface area contributed by atoms with Gasteiger partial charge < -0.3 is 14.8 Å². The lowest BCUT2D eigenvalue weighted by Gasteiger charge is -2.37. The average molecular weight is 559 g/mol. The van der Waals surface area contributed by atoms with Gasteiger partial charge >= 0.3 is 5.97 Å². The highest BCUT2D eigenvalue weighted by atomic mass is 79.9. The van der Waals surface area contributed by atoms with E-state index in [-0.39, 0.29) is 17.8 Å². The molecule has 35 heavy (non-hydrogen) atoms. The van der Waals surface area contributed by atoms with Crippen LogP contribution in [0.1, 0.15) is 63.0 Å². The van der Waals surface area contributed by atoms with Crippen LogP contribution in [-0.4, -0.2) is 25.0 Å². The number of Topliss-reactive ketones (excluding diaryl/α,β-unsaturated/α-hetero) is 1. The quantitative estimate of drug-likeness (QED) is 0.394. The van der Waals surface area contributed by atoms with Gasteiger partial charge in [-0.15, -0.1) is 0 Å². The summed E-state index contributed by atoms with van der Waals surface area (Å²) in [7, 11) is 1.60. The largest absolute Gasteiger partial charge is 0.496 e. The number of allylic oxidation sites excluding steroid dienone is 3. The fourth-order valence-electron chi connectivity index (χ4n) is 4.81. The smallest absolute Gasteiger partial charge is 0.337 e. The van der Waals surface area contributed by atoms with E-state index in [9.17, 15) is 9.59 Å². The summed E-state index contributed by atoms with van der Waals surface area (Å²) in [6.45, 7) is 5.72. The lowest BCUT2D eigenvalue weighted by molar-refractivity contribution is -0.144. The molecule has 0 spiro atoms. The number of halogens is 2. The molecule has 4 rings (SSSR count). The molecule has 0 unspecified atom stereocenters. The van der Waals surface area contributed by atoms with Gasteiger partial charge in [0, 0.05) is 34.3 Å². The van der Waals surface area contributed by atoms with Crippen molar-refractivity contribution in [3.8, 4) is 5.75 Å². The third-order valence-electron chi connectivity index (χ3n) is 6.78. The molecule has 1 aliphatic carbocycles. The lowest BCUT2D eigenvalue weighted by atomic mass is 9.71. The van der Waals surface area contributed by atoms with Crippen LogP contribution in [0.3, 0.4) is 0 Å². The van der Waals surface area contributed by atoms with E-state index in [1.165, 1.54) is 0 Å². The summed E-state index contributed by atoms with van der Waals surface area (Å²) in [5.74, 6) is -0.184. The monoisotopic (exact) mass is 557 g/mol. The molecule has 0 bridgehead atoms. The fourth-order valence-corrected chi connectivity index (χ4v) is 5.49. The van der Waals surface area contributed by atoms with Gasteiger partial charge in [0.2, 0.25) is 0 Å². The number of esters is 1. The molecule has 0 aromatic heterocycles. The minimum Gasteiger partial charge on any atom is -0.496 e. The molecule has 2 aromatic carbocycles. The first-order chi connectivity index (χ1) is 16.7. The summed E-state index contributed by atoms with van der Waals surface area (Å²) in [6, 6.07) is 13.3. The van der Waals surface area contributed by atoms with Crippen LogP contribution in [0.4, 0.5) is 0 Å². The summed E-state index contributed by atoms with van der Waals surface area (Å²) in [5.41, 5.74) is 4.58. The number of nitrogens with one attached hydrogen (secondary N) is 1. The van der Waals surface area contributed by atoms with Crippen molar-refractivity contribution in [3.63, 3.8) is 0 Å². The molecule has 0 amide bonds. The first kappa shape index (κ1) is 25.5. The van der Waals surface area contributed by atoms with E-state index >= 15 is 0 Å². The second-order valence-corrected chi connectivity index (χ2v) is 10.4. The third-order valence-corrected chi connectivity index (χ3v) is 7.65. The Balaban J connectivity index is 1.80. The predicted molar refractivity (Wildman–Crippen MR) is 141 cm³/mol. The SMILES string of the molecule is CC[C@H](C)OC(=O)C1=C(C)NC2=C(C(=O)C[C@H](c3ccc(Cl)cc3)C2)[C@@H]1c1ccc(OC)c(Br)c1. The van der Waals surface area contributed by atoms with Crippen LogP contribution in [0, 0.1) is 0 Å². The maximum Gasteiger partial charge on any atom is 0.337 e. The molecule has 1 aliphatic heterocycles. The molecule has 3 atom stereocenters. The first-order valence-corrected chi connectivity index (χ1v) is 12.9. The van der Waals surface area contributed by atoms with Gasteiger partial charge in [0.1, 0.15) is 5.75 Å². The molecule has 0 saturated carbocycles. The summed E-state index contributed by atoms with van der Waals surface area (Å²) < 4.78 is 11.9. The number of methoxy groups -OCH3 is 1. The van der Waals surface area contributed by atoms with Gasteiger partial charge in [0.15, 0.2) is 5.78 Å². The summed E-state index contributed by atoms with van der Waals surface area (Å²) >= 11 is 9.63. The molecule has 184 valence electrons.